The van der Waals surface area contributed by atoms with E-state index in [1.165, 1.54) is 33.9 Å². The number of hydrogen-bond donors (Lipinski definition) is 2. The average Bonchev–Trinajstić information content (AvgIpc) is 3.48. The highest BCUT2D eigenvalue weighted by molar-refractivity contribution is 6.01. The van der Waals surface area contributed by atoms with Gasteiger partial charge in [0, 0.05) is 24.2 Å². The van der Waals surface area contributed by atoms with Gasteiger partial charge in [-0.1, -0.05) is 30.3 Å². The van der Waals surface area contributed by atoms with Crippen LogP contribution in [0.25, 0.3) is 16.8 Å². The zero-order chi connectivity index (χ0) is 28.9. The smallest absolute Gasteiger partial charge is 0.272 e. The van der Waals surface area contributed by atoms with Crippen LogP contribution in [0.15, 0.2) is 60.9 Å². The standard InChI is InChI=1S/C28H25F4N7O2/c29-20-8-4-3-7-19(20)27(41)38-11-21(30)22(12-38)36-26(40)18-6-2-1-5-17(18)23-9-16(10-37-13-28(31,32)14-37)24-25(33)34-15-35-39(23)24/h1-9,15,21-22H,10-14H2,(H,36,40)(H2,33,34,35)/t21-,22+/m0/s1. The predicted molar refractivity (Wildman–Crippen MR) is 142 cm³/mol. The Bertz CT molecular complexity index is 1650. The molecule has 41 heavy (non-hydrogen) atoms. The number of hydrogen-bond acceptors (Lipinski definition) is 6. The van der Waals surface area contributed by atoms with Crippen LogP contribution in [0, 0.1) is 5.82 Å². The molecule has 2 atom stereocenters. The van der Waals surface area contributed by atoms with Crippen LogP contribution in [0.5, 0.6) is 0 Å². The number of nitrogens with one attached hydrogen (secondary N) is 1. The number of anilines is 1. The van der Waals surface area contributed by atoms with Crippen LogP contribution in [-0.2, 0) is 6.54 Å². The second-order valence-corrected chi connectivity index (χ2v) is 10.3. The topological polar surface area (TPSA) is 109 Å². The Morgan fingerprint density at radius 1 is 1.05 bits per heavy atom. The van der Waals surface area contributed by atoms with Crippen molar-refractivity contribution in [2.45, 2.75) is 24.7 Å². The Morgan fingerprint density at radius 2 is 1.76 bits per heavy atom. The second-order valence-electron chi connectivity index (χ2n) is 10.3. The fourth-order valence-corrected chi connectivity index (χ4v) is 5.44. The highest BCUT2D eigenvalue weighted by atomic mass is 19.3. The molecule has 0 aliphatic carbocycles. The van der Waals surface area contributed by atoms with Gasteiger partial charge in [-0.05, 0) is 29.8 Å². The van der Waals surface area contributed by atoms with E-state index in [0.29, 0.717) is 22.3 Å². The van der Waals surface area contributed by atoms with E-state index < -0.39 is 35.8 Å². The minimum Gasteiger partial charge on any atom is -0.382 e. The van der Waals surface area contributed by atoms with Gasteiger partial charge >= 0.3 is 0 Å². The summed E-state index contributed by atoms with van der Waals surface area (Å²) in [4.78, 5) is 33.0. The number of amides is 2. The molecule has 2 aliphatic heterocycles. The molecule has 0 unspecified atom stereocenters. The average molecular weight is 568 g/mol. The van der Waals surface area contributed by atoms with Crippen LogP contribution in [-0.4, -0.2) is 80.5 Å². The maximum absolute atomic E-state index is 15.0. The van der Waals surface area contributed by atoms with Crippen LogP contribution < -0.4 is 11.1 Å². The molecule has 0 spiro atoms. The Labute approximate surface area is 231 Å². The van der Waals surface area contributed by atoms with Crippen molar-refractivity contribution in [3.8, 4) is 11.3 Å². The molecule has 0 bridgehead atoms. The molecule has 6 rings (SSSR count). The van der Waals surface area contributed by atoms with E-state index in [1.807, 2.05) is 0 Å². The second kappa shape index (κ2) is 10.1. The number of benzene rings is 2. The van der Waals surface area contributed by atoms with Crippen LogP contribution in [0.2, 0.25) is 0 Å². The van der Waals surface area contributed by atoms with Gasteiger partial charge in [0.05, 0.1) is 36.9 Å². The SMILES string of the molecule is Nc1ncnn2c(-c3ccccc3C(=O)N[C@@H]3CN(C(=O)c4ccccc4F)C[C@@H]3F)cc(CN3CC(F)(F)C3)c12. The summed E-state index contributed by atoms with van der Waals surface area (Å²) in [5.74, 6) is -4.54. The first-order valence-corrected chi connectivity index (χ1v) is 12.9. The molecule has 4 aromatic rings. The number of nitrogen functional groups attached to an aromatic ring is 1. The van der Waals surface area contributed by atoms with Crippen molar-refractivity contribution in [1.29, 1.82) is 0 Å². The summed E-state index contributed by atoms with van der Waals surface area (Å²) < 4.78 is 57.5. The maximum Gasteiger partial charge on any atom is 0.272 e. The molecule has 9 nitrogen and oxygen atoms in total. The van der Waals surface area contributed by atoms with E-state index in [0.717, 1.165) is 6.07 Å². The van der Waals surface area contributed by atoms with Crippen molar-refractivity contribution in [2.24, 2.45) is 0 Å². The lowest BCUT2D eigenvalue weighted by Gasteiger charge is -2.38. The first kappa shape index (κ1) is 26.7. The Morgan fingerprint density at radius 3 is 2.49 bits per heavy atom. The lowest BCUT2D eigenvalue weighted by molar-refractivity contribution is -0.133. The molecule has 13 heteroatoms. The van der Waals surface area contributed by atoms with Crippen LogP contribution in [0.1, 0.15) is 26.3 Å². The third-order valence-corrected chi connectivity index (χ3v) is 7.37. The van der Waals surface area contributed by atoms with E-state index >= 15 is 0 Å². The molecule has 0 radical (unpaired) electrons. The van der Waals surface area contributed by atoms with E-state index in [2.05, 4.69) is 15.4 Å². The Hall–Kier alpha value is -4.52. The molecule has 2 fully saturated rings. The number of aromatic nitrogens is 3. The summed E-state index contributed by atoms with van der Waals surface area (Å²) in [6.45, 7) is -1.01. The number of nitrogens with zero attached hydrogens (tertiary/aromatic N) is 5. The summed E-state index contributed by atoms with van der Waals surface area (Å²) in [7, 11) is 0. The largest absolute Gasteiger partial charge is 0.382 e. The molecular formula is C28H25F4N7O2. The molecule has 2 amide bonds. The highest BCUT2D eigenvalue weighted by Gasteiger charge is 2.44. The van der Waals surface area contributed by atoms with Gasteiger partial charge in [0.2, 0.25) is 0 Å². The number of nitrogens with two attached hydrogens (primary N) is 1. The lowest BCUT2D eigenvalue weighted by atomic mass is 10.0. The molecule has 3 N–H and O–H groups in total. The van der Waals surface area contributed by atoms with Gasteiger partial charge in [0.1, 0.15) is 23.8 Å². The van der Waals surface area contributed by atoms with Gasteiger partial charge < -0.3 is 16.0 Å². The zero-order valence-corrected chi connectivity index (χ0v) is 21.6. The summed E-state index contributed by atoms with van der Waals surface area (Å²) in [5.41, 5.74) is 8.15. The molecule has 4 heterocycles. The highest BCUT2D eigenvalue weighted by Crippen LogP contribution is 2.34. The van der Waals surface area contributed by atoms with Gasteiger partial charge in [-0.25, -0.2) is 27.1 Å². The van der Waals surface area contributed by atoms with Crippen molar-refractivity contribution in [2.75, 3.05) is 31.9 Å². The van der Waals surface area contributed by atoms with Crippen LogP contribution in [0.4, 0.5) is 23.4 Å². The first-order valence-electron chi connectivity index (χ1n) is 12.9. The molecular weight excluding hydrogens is 542 g/mol. The Balaban J connectivity index is 1.26. The summed E-state index contributed by atoms with van der Waals surface area (Å²) in [6, 6.07) is 12.8. The molecule has 212 valence electrons. The molecule has 0 saturated carbocycles. The van der Waals surface area contributed by atoms with Crippen LogP contribution >= 0.6 is 0 Å². The van der Waals surface area contributed by atoms with Crippen molar-refractivity contribution in [3.05, 3.63) is 83.4 Å². The van der Waals surface area contributed by atoms with Crippen molar-refractivity contribution in [3.63, 3.8) is 0 Å². The van der Waals surface area contributed by atoms with Gasteiger partial charge in [0.15, 0.2) is 5.82 Å². The minimum absolute atomic E-state index is 0.134. The van der Waals surface area contributed by atoms with E-state index in [-0.39, 0.29) is 49.7 Å². The number of halogens is 4. The lowest BCUT2D eigenvalue weighted by Crippen LogP contribution is -2.55. The maximum atomic E-state index is 15.0. The summed E-state index contributed by atoms with van der Waals surface area (Å²) >= 11 is 0. The van der Waals surface area contributed by atoms with Crippen LogP contribution in [0.3, 0.4) is 0 Å². The molecule has 2 aliphatic rings. The van der Waals surface area contributed by atoms with Gasteiger partial charge in [-0.15, -0.1) is 0 Å². The number of fused-ring (bicyclic) bond motifs is 1. The quantitative estimate of drug-likeness (QED) is 0.347. The Kier molecular flexibility index (Phi) is 6.60. The molecule has 2 aromatic carbocycles. The molecule has 2 saturated heterocycles. The monoisotopic (exact) mass is 567 g/mol. The third kappa shape index (κ3) is 4.97. The van der Waals surface area contributed by atoms with Gasteiger partial charge in [0.25, 0.3) is 17.7 Å². The minimum atomic E-state index is -2.74. The predicted octanol–water partition coefficient (Wildman–Crippen LogP) is 3.16. The first-order chi connectivity index (χ1) is 19.6. The number of rotatable bonds is 6. The van der Waals surface area contributed by atoms with Crippen molar-refractivity contribution in [1.82, 2.24) is 29.7 Å². The summed E-state index contributed by atoms with van der Waals surface area (Å²) in [5, 5.41) is 6.96. The van der Waals surface area contributed by atoms with E-state index in [9.17, 15) is 27.2 Å². The normalized spacial score (nSPS) is 20.2. The number of carbonyl (C=O) groups is 2. The van der Waals surface area contributed by atoms with Gasteiger partial charge in [-0.3, -0.25) is 14.5 Å². The molecule has 2 aromatic heterocycles. The number of likely N-dealkylation sites (tertiary alicyclic amines) is 2. The fourth-order valence-electron chi connectivity index (χ4n) is 5.44. The van der Waals surface area contributed by atoms with E-state index in [1.54, 1.807) is 35.2 Å². The van der Waals surface area contributed by atoms with Crippen molar-refractivity contribution < 1.29 is 27.2 Å². The fraction of sp³-hybridized carbons (Fsp3) is 0.286. The number of alkyl halides is 3. The zero-order valence-electron chi connectivity index (χ0n) is 21.6. The third-order valence-electron chi connectivity index (χ3n) is 7.37. The van der Waals surface area contributed by atoms with Crippen molar-refractivity contribution >= 4 is 23.1 Å². The van der Waals surface area contributed by atoms with E-state index in [4.69, 9.17) is 5.73 Å². The summed E-state index contributed by atoms with van der Waals surface area (Å²) in [6.07, 6.45) is -0.312. The van der Waals surface area contributed by atoms with Gasteiger partial charge in [-0.2, -0.15) is 5.10 Å². The number of carbonyl (C=O) groups excluding carboxylic acids is 2.